The lowest BCUT2D eigenvalue weighted by Crippen LogP contribution is -2.25. The van der Waals surface area contributed by atoms with Crippen LogP contribution in [0.15, 0.2) is 0 Å². The molecule has 0 saturated heterocycles. The molecule has 0 bridgehead atoms. The van der Waals surface area contributed by atoms with Crippen LogP contribution in [0.3, 0.4) is 0 Å². The van der Waals surface area contributed by atoms with Crippen LogP contribution in [-0.2, 0) is 0 Å². The fourth-order valence-corrected chi connectivity index (χ4v) is 2.80. The summed E-state index contributed by atoms with van der Waals surface area (Å²) < 4.78 is 0. The number of hydrogen-bond acceptors (Lipinski definition) is 2. The predicted octanol–water partition coefficient (Wildman–Crippen LogP) is 3.46. The molecule has 0 aromatic rings. The molecule has 0 atom stereocenters. The molecule has 3 N–H and O–H groups in total. The molecule has 0 amide bonds. The maximum absolute atomic E-state index is 5.47. The van der Waals surface area contributed by atoms with Crippen LogP contribution in [0.25, 0.3) is 0 Å². The highest BCUT2D eigenvalue weighted by Crippen LogP contribution is 2.22. The van der Waals surface area contributed by atoms with E-state index < -0.39 is 0 Å². The minimum atomic E-state index is 0.864. The van der Waals surface area contributed by atoms with Crippen LogP contribution in [-0.4, -0.2) is 19.6 Å². The van der Waals surface area contributed by atoms with Crippen LogP contribution in [0.4, 0.5) is 0 Å². The van der Waals surface area contributed by atoms with Gasteiger partial charge in [-0.25, -0.2) is 0 Å². The highest BCUT2D eigenvalue weighted by atomic mass is 14.9. The van der Waals surface area contributed by atoms with Crippen LogP contribution in [0.1, 0.15) is 70.6 Å². The molecule has 0 spiro atoms. The molecule has 2 nitrogen and oxygen atoms in total. The molecule has 1 aliphatic rings. The molecule has 0 aromatic heterocycles. The van der Waals surface area contributed by atoms with E-state index in [0.717, 1.165) is 12.5 Å². The third-order valence-electron chi connectivity index (χ3n) is 3.97. The van der Waals surface area contributed by atoms with Crippen LogP contribution in [0.2, 0.25) is 0 Å². The number of nitrogens with one attached hydrogen (secondary N) is 1. The Hall–Kier alpha value is -0.0800. The van der Waals surface area contributed by atoms with E-state index in [4.69, 9.17) is 5.73 Å². The van der Waals surface area contributed by atoms with E-state index >= 15 is 0 Å². The smallest absolute Gasteiger partial charge is 0.00205 e. The van der Waals surface area contributed by atoms with Gasteiger partial charge in [-0.1, -0.05) is 44.9 Å². The first kappa shape index (κ1) is 15.0. The molecule has 0 heterocycles. The normalized spacial score (nSPS) is 17.5. The third-order valence-corrected chi connectivity index (χ3v) is 3.97. The predicted molar refractivity (Wildman–Crippen MR) is 76.2 cm³/mol. The number of nitrogens with two attached hydrogens (primary N) is 1. The van der Waals surface area contributed by atoms with E-state index in [1.54, 1.807) is 0 Å². The van der Waals surface area contributed by atoms with Gasteiger partial charge in [0.25, 0.3) is 0 Å². The summed E-state index contributed by atoms with van der Waals surface area (Å²) in [7, 11) is 0. The van der Waals surface area contributed by atoms with Crippen molar-refractivity contribution in [3.8, 4) is 0 Å². The van der Waals surface area contributed by atoms with Crippen LogP contribution in [0.5, 0.6) is 0 Å². The summed E-state index contributed by atoms with van der Waals surface area (Å²) >= 11 is 0. The summed E-state index contributed by atoms with van der Waals surface area (Å²) in [6.45, 7) is 3.36. The minimum Gasteiger partial charge on any atom is -0.330 e. The van der Waals surface area contributed by atoms with Crippen molar-refractivity contribution in [2.24, 2.45) is 11.7 Å². The zero-order valence-electron chi connectivity index (χ0n) is 11.6. The summed E-state index contributed by atoms with van der Waals surface area (Å²) in [4.78, 5) is 0. The van der Waals surface area contributed by atoms with Gasteiger partial charge >= 0.3 is 0 Å². The topological polar surface area (TPSA) is 38.0 Å². The molecule has 0 radical (unpaired) electrons. The Bertz CT molecular complexity index is 153. The SMILES string of the molecule is NCCCCCCCCNCC1CCCCC1. The lowest BCUT2D eigenvalue weighted by Gasteiger charge is -2.21. The van der Waals surface area contributed by atoms with E-state index in [2.05, 4.69) is 5.32 Å². The summed E-state index contributed by atoms with van der Waals surface area (Å²) in [5.74, 6) is 0.980. The number of unbranched alkanes of at least 4 members (excludes halogenated alkanes) is 5. The first-order valence-electron chi connectivity index (χ1n) is 7.84. The van der Waals surface area contributed by atoms with Crippen molar-refractivity contribution in [2.75, 3.05) is 19.6 Å². The maximum atomic E-state index is 5.47. The molecule has 0 unspecified atom stereocenters. The highest BCUT2D eigenvalue weighted by molar-refractivity contribution is 4.67. The minimum absolute atomic E-state index is 0.864. The summed E-state index contributed by atoms with van der Waals surface area (Å²) in [5.41, 5.74) is 5.47. The molecule has 1 saturated carbocycles. The first-order valence-corrected chi connectivity index (χ1v) is 7.84. The van der Waals surface area contributed by atoms with Gasteiger partial charge in [-0.05, 0) is 51.2 Å². The Morgan fingerprint density at radius 1 is 0.824 bits per heavy atom. The Labute approximate surface area is 108 Å². The van der Waals surface area contributed by atoms with Gasteiger partial charge in [0, 0.05) is 0 Å². The van der Waals surface area contributed by atoms with Crippen molar-refractivity contribution in [1.82, 2.24) is 5.32 Å². The molecule has 2 heteroatoms. The summed E-state index contributed by atoms with van der Waals surface area (Å²) in [6.07, 6.45) is 15.4. The molecule has 1 rings (SSSR count). The first-order chi connectivity index (χ1) is 8.43. The molecule has 17 heavy (non-hydrogen) atoms. The van der Waals surface area contributed by atoms with E-state index in [1.165, 1.54) is 83.7 Å². The monoisotopic (exact) mass is 240 g/mol. The Morgan fingerprint density at radius 3 is 2.18 bits per heavy atom. The van der Waals surface area contributed by atoms with Gasteiger partial charge in [-0.15, -0.1) is 0 Å². The van der Waals surface area contributed by atoms with E-state index in [0.29, 0.717) is 0 Å². The Balaban J connectivity index is 1.75. The molecular weight excluding hydrogens is 208 g/mol. The lowest BCUT2D eigenvalue weighted by molar-refractivity contribution is 0.341. The Kier molecular flexibility index (Phi) is 9.72. The molecule has 0 aromatic carbocycles. The van der Waals surface area contributed by atoms with Gasteiger partial charge in [-0.3, -0.25) is 0 Å². The maximum Gasteiger partial charge on any atom is -0.00205 e. The number of hydrogen-bond donors (Lipinski definition) is 2. The van der Waals surface area contributed by atoms with E-state index in [-0.39, 0.29) is 0 Å². The molecule has 1 fully saturated rings. The molecule has 102 valence electrons. The van der Waals surface area contributed by atoms with Gasteiger partial charge in [0.05, 0.1) is 0 Å². The van der Waals surface area contributed by atoms with E-state index in [1.807, 2.05) is 0 Å². The standard InChI is InChI=1S/C15H32N2/c16-12-8-3-1-2-4-9-13-17-14-15-10-6-5-7-11-15/h15,17H,1-14,16H2. The zero-order valence-corrected chi connectivity index (χ0v) is 11.6. The van der Waals surface area contributed by atoms with Gasteiger partial charge in [0.2, 0.25) is 0 Å². The van der Waals surface area contributed by atoms with Gasteiger partial charge < -0.3 is 11.1 Å². The van der Waals surface area contributed by atoms with Crippen LogP contribution in [0, 0.1) is 5.92 Å². The van der Waals surface area contributed by atoms with E-state index in [9.17, 15) is 0 Å². The van der Waals surface area contributed by atoms with Crippen molar-refractivity contribution in [2.45, 2.75) is 70.6 Å². The second-order valence-electron chi connectivity index (χ2n) is 5.62. The summed E-state index contributed by atoms with van der Waals surface area (Å²) in [6, 6.07) is 0. The average Bonchev–Trinajstić information content (AvgIpc) is 2.38. The zero-order chi connectivity index (χ0) is 12.2. The van der Waals surface area contributed by atoms with Crippen molar-refractivity contribution in [3.63, 3.8) is 0 Å². The molecule has 1 aliphatic carbocycles. The highest BCUT2D eigenvalue weighted by Gasteiger charge is 2.11. The lowest BCUT2D eigenvalue weighted by atomic mass is 9.89. The molecular formula is C15H32N2. The van der Waals surface area contributed by atoms with Gasteiger partial charge in [0.15, 0.2) is 0 Å². The second kappa shape index (κ2) is 11.0. The van der Waals surface area contributed by atoms with Crippen molar-refractivity contribution < 1.29 is 0 Å². The second-order valence-corrected chi connectivity index (χ2v) is 5.62. The van der Waals surface area contributed by atoms with Gasteiger partial charge in [0.1, 0.15) is 0 Å². The summed E-state index contributed by atoms with van der Waals surface area (Å²) in [5, 5.41) is 3.64. The molecule has 0 aliphatic heterocycles. The van der Waals surface area contributed by atoms with Crippen LogP contribution >= 0.6 is 0 Å². The average molecular weight is 240 g/mol. The number of rotatable bonds is 10. The fraction of sp³-hybridized carbons (Fsp3) is 1.00. The van der Waals surface area contributed by atoms with Crippen molar-refractivity contribution >= 4 is 0 Å². The quantitative estimate of drug-likeness (QED) is 0.574. The van der Waals surface area contributed by atoms with Crippen molar-refractivity contribution in [1.29, 1.82) is 0 Å². The largest absolute Gasteiger partial charge is 0.330 e. The third kappa shape index (κ3) is 8.62. The van der Waals surface area contributed by atoms with Crippen molar-refractivity contribution in [3.05, 3.63) is 0 Å². The van der Waals surface area contributed by atoms with Gasteiger partial charge in [-0.2, -0.15) is 0 Å². The fourth-order valence-electron chi connectivity index (χ4n) is 2.80. The van der Waals surface area contributed by atoms with Crippen LogP contribution < -0.4 is 11.1 Å². The Morgan fingerprint density at radius 2 is 1.47 bits per heavy atom.